The number of nitrogens with two attached hydrogens (primary N) is 1. The molecule has 0 aromatic heterocycles. The number of hydrogen-bond donors (Lipinski definition) is 5. The van der Waals surface area contributed by atoms with Crippen LogP contribution >= 0.6 is 0 Å². The number of aliphatic hydroxyl groups is 1. The van der Waals surface area contributed by atoms with Gasteiger partial charge in [-0.05, 0) is 24.3 Å². The van der Waals surface area contributed by atoms with Gasteiger partial charge in [-0.2, -0.15) is 0 Å². The van der Waals surface area contributed by atoms with Crippen LogP contribution in [0, 0.1) is 0 Å². The van der Waals surface area contributed by atoms with Crippen LogP contribution in [0.1, 0.15) is 6.42 Å². The predicted molar refractivity (Wildman–Crippen MR) is 89.3 cm³/mol. The van der Waals surface area contributed by atoms with Crippen molar-refractivity contribution < 1.29 is 28.1 Å². The molecule has 24 heavy (non-hydrogen) atoms. The average molecular weight is 358 g/mol. The fourth-order valence-electron chi connectivity index (χ4n) is 2.86. The molecule has 1 amide bonds. The number of aliphatic hydroxyl groups excluding tert-OH is 1. The summed E-state index contributed by atoms with van der Waals surface area (Å²) in [5.41, 5.74) is 0.555. The van der Waals surface area contributed by atoms with Crippen LogP contribution in [0.3, 0.4) is 0 Å². The number of rotatable bonds is 7. The van der Waals surface area contributed by atoms with Gasteiger partial charge in [0.2, 0.25) is 15.9 Å². The molecule has 1 aliphatic heterocycles. The van der Waals surface area contributed by atoms with Gasteiger partial charge in [0.25, 0.3) is 0 Å². The lowest BCUT2D eigenvalue weighted by Gasteiger charge is -2.29. The second kappa shape index (κ2) is 8.54. The maximum atomic E-state index is 12.0. The van der Waals surface area contributed by atoms with Crippen molar-refractivity contribution in [3.63, 3.8) is 0 Å². The van der Waals surface area contributed by atoms with Gasteiger partial charge in [-0.1, -0.05) is 0 Å². The molecule has 1 aromatic carbocycles. The minimum atomic E-state index is -3.72. The summed E-state index contributed by atoms with van der Waals surface area (Å²) in [6, 6.07) is 5.81. The number of primary sulfonamides is 1. The molecule has 2 rings (SSSR count). The molecule has 9 heteroatoms. The molecular formula is C15H26N4O4S+2. The van der Waals surface area contributed by atoms with Crippen LogP contribution in [0.25, 0.3) is 0 Å². The summed E-state index contributed by atoms with van der Waals surface area (Å²) in [4.78, 5) is 14.8. The lowest BCUT2D eigenvalue weighted by molar-refractivity contribution is -1.01. The lowest BCUT2D eigenvalue weighted by atomic mass is 10.2. The molecule has 1 fully saturated rings. The molecule has 0 aliphatic carbocycles. The lowest BCUT2D eigenvalue weighted by Crippen LogP contribution is -3.28. The predicted octanol–water partition coefficient (Wildman–Crippen LogP) is -3.56. The summed E-state index contributed by atoms with van der Waals surface area (Å²) in [6.07, 6.45) is 0.418. The van der Waals surface area contributed by atoms with E-state index in [0.29, 0.717) is 12.1 Å². The highest BCUT2D eigenvalue weighted by Crippen LogP contribution is 2.12. The second-order valence-electron chi connectivity index (χ2n) is 6.09. The zero-order valence-electron chi connectivity index (χ0n) is 13.6. The van der Waals surface area contributed by atoms with Crippen molar-refractivity contribution in [1.29, 1.82) is 0 Å². The number of carbonyl (C=O) groups is 1. The Labute approximate surface area is 142 Å². The molecule has 1 aromatic rings. The summed E-state index contributed by atoms with van der Waals surface area (Å²) in [5, 5.41) is 16.7. The van der Waals surface area contributed by atoms with E-state index < -0.39 is 10.0 Å². The van der Waals surface area contributed by atoms with Crippen LogP contribution < -0.4 is 20.3 Å². The molecule has 8 nitrogen and oxygen atoms in total. The summed E-state index contributed by atoms with van der Waals surface area (Å²) < 4.78 is 22.4. The Morgan fingerprint density at radius 2 is 1.62 bits per heavy atom. The highest BCUT2D eigenvalue weighted by Gasteiger charge is 2.22. The number of hydrogen-bond acceptors (Lipinski definition) is 4. The fraction of sp³-hybridized carbons (Fsp3) is 0.533. The zero-order chi connectivity index (χ0) is 17.6. The SMILES string of the molecule is NS(=O)(=O)c1ccc(NC(=O)CC[NH+]2CC[NH+](CCO)CC2)cc1. The second-order valence-corrected chi connectivity index (χ2v) is 7.65. The number of quaternary nitrogens is 2. The third kappa shape index (κ3) is 5.84. The third-order valence-electron chi connectivity index (χ3n) is 4.30. The van der Waals surface area contributed by atoms with Crippen molar-refractivity contribution in [2.24, 2.45) is 5.14 Å². The Morgan fingerprint density at radius 1 is 1.08 bits per heavy atom. The molecule has 1 saturated heterocycles. The Hall–Kier alpha value is -1.52. The Kier molecular flexibility index (Phi) is 6.69. The van der Waals surface area contributed by atoms with Gasteiger partial charge < -0.3 is 20.2 Å². The number of sulfonamides is 1. The number of nitrogens with one attached hydrogen (secondary N) is 3. The number of piperazine rings is 1. The molecule has 6 N–H and O–H groups in total. The van der Waals surface area contributed by atoms with E-state index >= 15 is 0 Å². The quantitative estimate of drug-likeness (QED) is 0.347. The fourth-order valence-corrected chi connectivity index (χ4v) is 3.37. The van der Waals surface area contributed by atoms with Crippen molar-refractivity contribution in [2.75, 3.05) is 51.2 Å². The van der Waals surface area contributed by atoms with Gasteiger partial charge in [-0.3, -0.25) is 4.79 Å². The van der Waals surface area contributed by atoms with E-state index in [-0.39, 0.29) is 17.4 Å². The van der Waals surface area contributed by atoms with Gasteiger partial charge in [0.1, 0.15) is 32.7 Å². The first-order valence-electron chi connectivity index (χ1n) is 8.09. The van der Waals surface area contributed by atoms with E-state index in [4.69, 9.17) is 10.2 Å². The van der Waals surface area contributed by atoms with Crippen LogP contribution in [0.4, 0.5) is 5.69 Å². The minimum absolute atomic E-state index is 0.0215. The largest absolute Gasteiger partial charge is 0.391 e. The molecule has 0 spiro atoms. The summed E-state index contributed by atoms with van der Waals surface area (Å²) in [6.45, 7) is 5.84. The first-order valence-corrected chi connectivity index (χ1v) is 9.64. The maximum Gasteiger partial charge on any atom is 0.238 e. The van der Waals surface area contributed by atoms with Gasteiger partial charge in [0.05, 0.1) is 24.5 Å². The monoisotopic (exact) mass is 358 g/mol. The van der Waals surface area contributed by atoms with Gasteiger partial charge in [0.15, 0.2) is 0 Å². The summed E-state index contributed by atoms with van der Waals surface area (Å²) in [5.74, 6) is -0.0870. The number of carbonyl (C=O) groups excluding carboxylic acids is 1. The summed E-state index contributed by atoms with van der Waals surface area (Å²) in [7, 11) is -3.72. The minimum Gasteiger partial charge on any atom is -0.391 e. The van der Waals surface area contributed by atoms with Gasteiger partial charge in [-0.25, -0.2) is 13.6 Å². The topological polar surface area (TPSA) is 118 Å². The van der Waals surface area contributed by atoms with E-state index in [0.717, 1.165) is 39.3 Å². The van der Waals surface area contributed by atoms with Crippen molar-refractivity contribution in [2.45, 2.75) is 11.3 Å². The Balaban J connectivity index is 1.74. The van der Waals surface area contributed by atoms with Crippen molar-refractivity contribution >= 4 is 21.6 Å². The van der Waals surface area contributed by atoms with E-state index in [9.17, 15) is 13.2 Å². The number of amides is 1. The number of benzene rings is 1. The molecule has 0 radical (unpaired) electrons. The standard InChI is InChI=1S/C15H24N4O4S/c16-24(22,23)14-3-1-13(2-4-14)17-15(21)5-6-18-7-9-19(10-8-18)11-12-20/h1-4,20H,5-12H2,(H,17,21)(H2,16,22,23)/p+2. The van der Waals surface area contributed by atoms with Crippen LogP contribution in [-0.4, -0.2) is 65.3 Å². The smallest absolute Gasteiger partial charge is 0.238 e. The molecule has 1 heterocycles. The van der Waals surface area contributed by atoms with Gasteiger partial charge in [-0.15, -0.1) is 0 Å². The number of anilines is 1. The van der Waals surface area contributed by atoms with E-state index in [1.165, 1.54) is 34.1 Å². The Bertz CT molecular complexity index is 640. The van der Waals surface area contributed by atoms with Gasteiger partial charge in [0, 0.05) is 5.69 Å². The zero-order valence-corrected chi connectivity index (χ0v) is 14.4. The van der Waals surface area contributed by atoms with Crippen LogP contribution in [0.2, 0.25) is 0 Å². The molecule has 1 aliphatic rings. The normalized spacial score (nSPS) is 21.4. The van der Waals surface area contributed by atoms with E-state index in [2.05, 4.69) is 5.32 Å². The maximum absolute atomic E-state index is 12.0. The van der Waals surface area contributed by atoms with Crippen LogP contribution in [-0.2, 0) is 14.8 Å². The Morgan fingerprint density at radius 3 is 2.12 bits per heavy atom. The molecule has 0 atom stereocenters. The molecule has 0 saturated carbocycles. The molecule has 0 bridgehead atoms. The first kappa shape index (κ1) is 18.8. The van der Waals surface area contributed by atoms with Gasteiger partial charge >= 0.3 is 0 Å². The van der Waals surface area contributed by atoms with E-state index in [1.54, 1.807) is 0 Å². The third-order valence-corrected chi connectivity index (χ3v) is 5.23. The summed E-state index contributed by atoms with van der Waals surface area (Å²) >= 11 is 0. The van der Waals surface area contributed by atoms with Crippen molar-refractivity contribution in [3.05, 3.63) is 24.3 Å². The molecule has 0 unspecified atom stereocenters. The van der Waals surface area contributed by atoms with Crippen molar-refractivity contribution in [3.8, 4) is 0 Å². The highest BCUT2D eigenvalue weighted by molar-refractivity contribution is 7.89. The first-order chi connectivity index (χ1) is 11.4. The van der Waals surface area contributed by atoms with Crippen LogP contribution in [0.5, 0.6) is 0 Å². The van der Waals surface area contributed by atoms with E-state index in [1.807, 2.05) is 0 Å². The molecular weight excluding hydrogens is 332 g/mol. The van der Waals surface area contributed by atoms with Crippen LogP contribution in [0.15, 0.2) is 29.2 Å². The van der Waals surface area contributed by atoms with Crippen molar-refractivity contribution in [1.82, 2.24) is 0 Å². The average Bonchev–Trinajstić information content (AvgIpc) is 2.54. The molecule has 134 valence electrons. The highest BCUT2D eigenvalue weighted by atomic mass is 32.2.